The lowest BCUT2D eigenvalue weighted by Crippen LogP contribution is -2.10. The lowest BCUT2D eigenvalue weighted by molar-refractivity contribution is 0.111. The molecule has 4 heterocycles. The molecule has 4 aromatic rings. The van der Waals surface area contributed by atoms with Crippen molar-refractivity contribution in [3.63, 3.8) is 0 Å². The fourth-order valence-corrected chi connectivity index (χ4v) is 3.94. The van der Waals surface area contributed by atoms with Gasteiger partial charge < -0.3 is 14.9 Å². The Hall–Kier alpha value is -4.32. The van der Waals surface area contributed by atoms with Gasteiger partial charge in [-0.2, -0.15) is 0 Å². The number of fused-ring (bicyclic) bond motifs is 2. The van der Waals surface area contributed by atoms with Crippen LogP contribution < -0.4 is 10.1 Å². The monoisotopic (exact) mass is 428 g/mol. The summed E-state index contributed by atoms with van der Waals surface area (Å²) in [5.74, 6) is 1.03. The van der Waals surface area contributed by atoms with Gasteiger partial charge in [0.2, 0.25) is 11.6 Å². The molecule has 0 saturated carbocycles. The van der Waals surface area contributed by atoms with Crippen LogP contribution in [0.5, 0.6) is 5.75 Å². The van der Waals surface area contributed by atoms with Crippen LogP contribution in [0, 0.1) is 19.3 Å². The van der Waals surface area contributed by atoms with Crippen LogP contribution in [0.1, 0.15) is 27.3 Å². The van der Waals surface area contributed by atoms with Gasteiger partial charge in [0.25, 0.3) is 5.82 Å². The Labute approximate surface area is 182 Å². The molecule has 1 N–H and O–H groups in total. The minimum Gasteiger partial charge on any atom is -0.493 e. The first-order chi connectivity index (χ1) is 15.6. The second kappa shape index (κ2) is 7.74. The molecular weight excluding hydrogens is 411 g/mol. The van der Waals surface area contributed by atoms with E-state index in [0.717, 1.165) is 11.1 Å². The smallest absolute Gasteiger partial charge is 0.288 e. The number of hydrogen-bond donors (Lipinski definition) is 1. The normalized spacial score (nSPS) is 12.3. The Morgan fingerprint density at radius 3 is 2.94 bits per heavy atom. The van der Waals surface area contributed by atoms with Gasteiger partial charge in [0.05, 0.1) is 12.2 Å². The van der Waals surface area contributed by atoms with E-state index in [9.17, 15) is 9.18 Å². The standard InChI is InChI=1S/C23H17FN6O2/c1-13-15(4-3-14(12-31)28-13)18-10-27-23(30-11-21(25-2)29-22(18)30)26-9-17-16-7-8-32-20(16)6-5-19(17)24/h3-6,10-12H,7-9H2,1H3,(H,26,27). The van der Waals surface area contributed by atoms with E-state index in [1.54, 1.807) is 41.9 Å². The van der Waals surface area contributed by atoms with Crippen LogP contribution in [0.3, 0.4) is 0 Å². The molecule has 0 aliphatic carbocycles. The summed E-state index contributed by atoms with van der Waals surface area (Å²) in [5, 5.41) is 3.17. The molecule has 1 aliphatic heterocycles. The van der Waals surface area contributed by atoms with Crippen LogP contribution in [0.4, 0.5) is 16.2 Å². The summed E-state index contributed by atoms with van der Waals surface area (Å²) in [7, 11) is 0. The van der Waals surface area contributed by atoms with Crippen molar-refractivity contribution in [1.29, 1.82) is 0 Å². The second-order valence-corrected chi connectivity index (χ2v) is 7.34. The second-order valence-electron chi connectivity index (χ2n) is 7.34. The summed E-state index contributed by atoms with van der Waals surface area (Å²) < 4.78 is 21.7. The van der Waals surface area contributed by atoms with Gasteiger partial charge in [-0.15, -0.1) is 0 Å². The number of carbonyl (C=O) groups is 1. The zero-order valence-electron chi connectivity index (χ0n) is 17.1. The quantitative estimate of drug-likeness (QED) is 0.380. The molecule has 0 fully saturated rings. The van der Waals surface area contributed by atoms with Crippen molar-refractivity contribution in [2.75, 3.05) is 11.9 Å². The van der Waals surface area contributed by atoms with Crippen LogP contribution in [-0.2, 0) is 13.0 Å². The fraction of sp³-hybridized carbons (Fsp3) is 0.174. The highest BCUT2D eigenvalue weighted by Gasteiger charge is 2.21. The van der Waals surface area contributed by atoms with Gasteiger partial charge in [0.15, 0.2) is 6.29 Å². The molecule has 0 atom stereocenters. The molecule has 0 spiro atoms. The largest absolute Gasteiger partial charge is 0.493 e. The lowest BCUT2D eigenvalue weighted by Gasteiger charge is -2.13. The molecule has 9 heteroatoms. The third kappa shape index (κ3) is 3.22. The van der Waals surface area contributed by atoms with E-state index in [4.69, 9.17) is 11.3 Å². The van der Waals surface area contributed by atoms with Gasteiger partial charge in [-0.1, -0.05) is 17.6 Å². The number of pyridine rings is 1. The Balaban J connectivity index is 1.56. The molecular formula is C23H17FN6O2. The maximum atomic E-state index is 14.5. The summed E-state index contributed by atoms with van der Waals surface area (Å²) in [6, 6.07) is 6.46. The van der Waals surface area contributed by atoms with Crippen LogP contribution in [0.25, 0.3) is 21.6 Å². The van der Waals surface area contributed by atoms with E-state index in [0.29, 0.717) is 59.2 Å². The highest BCUT2D eigenvalue weighted by atomic mass is 19.1. The molecule has 0 radical (unpaired) electrons. The molecule has 8 nitrogen and oxygen atoms in total. The third-order valence-electron chi connectivity index (χ3n) is 5.47. The number of aldehydes is 1. The van der Waals surface area contributed by atoms with Crippen molar-refractivity contribution in [3.05, 3.63) is 76.4 Å². The van der Waals surface area contributed by atoms with E-state index in [-0.39, 0.29) is 18.2 Å². The summed E-state index contributed by atoms with van der Waals surface area (Å²) >= 11 is 0. The minimum atomic E-state index is -0.306. The average Bonchev–Trinajstić information content (AvgIpc) is 3.46. The highest BCUT2D eigenvalue weighted by Crippen LogP contribution is 2.32. The number of hydrogen-bond acceptors (Lipinski definition) is 6. The topological polar surface area (TPSA) is 85.8 Å². The van der Waals surface area contributed by atoms with Gasteiger partial charge in [0, 0.05) is 47.7 Å². The van der Waals surface area contributed by atoms with Crippen molar-refractivity contribution in [2.45, 2.75) is 19.9 Å². The van der Waals surface area contributed by atoms with Crippen LogP contribution in [0.15, 0.2) is 36.7 Å². The van der Waals surface area contributed by atoms with Crippen LogP contribution >= 0.6 is 0 Å². The Morgan fingerprint density at radius 2 is 2.16 bits per heavy atom. The van der Waals surface area contributed by atoms with Gasteiger partial charge in [-0.3, -0.25) is 9.20 Å². The number of benzene rings is 1. The molecule has 1 aromatic carbocycles. The minimum absolute atomic E-state index is 0.206. The van der Waals surface area contributed by atoms with E-state index < -0.39 is 0 Å². The predicted octanol–water partition coefficient (Wildman–Crippen LogP) is 4.15. The van der Waals surface area contributed by atoms with Gasteiger partial charge in [-0.25, -0.2) is 14.4 Å². The number of aryl methyl sites for hydroxylation is 1. The SMILES string of the molecule is [C-]#[N+]c1cn2c(NCc3c(F)ccc4c3CCO4)ncc(-c3ccc(C=O)nc3C)c2n1. The number of ether oxygens (including phenoxy) is 1. The number of carbonyl (C=O) groups excluding carboxylic acids is 1. The molecule has 3 aromatic heterocycles. The molecule has 1 aliphatic rings. The van der Waals surface area contributed by atoms with Crippen molar-refractivity contribution in [2.24, 2.45) is 0 Å². The first-order valence-corrected chi connectivity index (χ1v) is 9.94. The number of halogens is 1. The van der Waals surface area contributed by atoms with E-state index >= 15 is 0 Å². The molecule has 5 rings (SSSR count). The van der Waals surface area contributed by atoms with Gasteiger partial charge in [0.1, 0.15) is 17.3 Å². The van der Waals surface area contributed by atoms with Crippen molar-refractivity contribution < 1.29 is 13.9 Å². The van der Waals surface area contributed by atoms with Gasteiger partial charge >= 0.3 is 0 Å². The van der Waals surface area contributed by atoms with Crippen molar-refractivity contribution in [3.8, 4) is 16.9 Å². The number of nitrogens with zero attached hydrogens (tertiary/aromatic N) is 5. The van der Waals surface area contributed by atoms with E-state index in [1.165, 1.54) is 6.07 Å². The molecule has 158 valence electrons. The summed E-state index contributed by atoms with van der Waals surface area (Å²) in [4.78, 5) is 27.7. The van der Waals surface area contributed by atoms with Crippen molar-refractivity contribution >= 4 is 23.7 Å². The summed E-state index contributed by atoms with van der Waals surface area (Å²) in [6.45, 7) is 9.90. The molecule has 0 amide bonds. The highest BCUT2D eigenvalue weighted by molar-refractivity contribution is 5.82. The number of rotatable bonds is 5. The predicted molar refractivity (Wildman–Crippen MR) is 116 cm³/mol. The maximum absolute atomic E-state index is 14.5. The number of imidazole rings is 1. The first-order valence-electron chi connectivity index (χ1n) is 9.94. The Bertz CT molecular complexity index is 1420. The van der Waals surface area contributed by atoms with E-state index in [2.05, 4.69) is 25.1 Å². The van der Waals surface area contributed by atoms with Gasteiger partial charge in [-0.05, 0) is 25.1 Å². The first kappa shape index (κ1) is 19.6. The van der Waals surface area contributed by atoms with Crippen LogP contribution in [0.2, 0.25) is 0 Å². The molecule has 0 unspecified atom stereocenters. The molecule has 32 heavy (non-hydrogen) atoms. The summed E-state index contributed by atoms with van der Waals surface area (Å²) in [5.41, 5.74) is 4.32. The fourth-order valence-electron chi connectivity index (χ4n) is 3.94. The zero-order chi connectivity index (χ0) is 22.2. The number of aromatic nitrogens is 4. The molecule has 0 saturated heterocycles. The number of anilines is 1. The maximum Gasteiger partial charge on any atom is 0.288 e. The van der Waals surface area contributed by atoms with Crippen LogP contribution in [-0.4, -0.2) is 32.2 Å². The van der Waals surface area contributed by atoms with Crippen molar-refractivity contribution in [1.82, 2.24) is 19.4 Å². The third-order valence-corrected chi connectivity index (χ3v) is 5.47. The lowest BCUT2D eigenvalue weighted by atomic mass is 10.0. The van der Waals surface area contributed by atoms with E-state index in [1.807, 2.05) is 0 Å². The number of nitrogens with one attached hydrogen (secondary N) is 1. The Morgan fingerprint density at radius 1 is 1.28 bits per heavy atom. The zero-order valence-corrected chi connectivity index (χ0v) is 17.1. The summed E-state index contributed by atoms with van der Waals surface area (Å²) in [6.07, 6.45) is 4.56. The average molecular weight is 428 g/mol. The Kier molecular flexibility index (Phi) is 4.75. The molecule has 0 bridgehead atoms.